The molecule has 1 aliphatic carbocycles. The molecule has 0 atom stereocenters. The smallest absolute Gasteiger partial charge is 0.0696 e. The summed E-state index contributed by atoms with van der Waals surface area (Å²) in [6.07, 6.45) is 1.13. The molecule has 112 valence electrons. The Balaban J connectivity index is 1.95. The van der Waals surface area contributed by atoms with Crippen molar-refractivity contribution in [2.75, 3.05) is 0 Å². The maximum absolute atomic E-state index is 2.34. The molecule has 3 rings (SSSR count). The van der Waals surface area contributed by atoms with Crippen LogP contribution < -0.4 is 5.19 Å². The first-order valence-corrected chi connectivity index (χ1v) is 9.47. The summed E-state index contributed by atoms with van der Waals surface area (Å²) < 4.78 is 0. The summed E-state index contributed by atoms with van der Waals surface area (Å²) in [6, 6.07) is 17.9. The van der Waals surface area contributed by atoms with Crippen molar-refractivity contribution in [3.63, 3.8) is 0 Å². The normalized spacial score (nSPS) is 15.5. The molecule has 0 aliphatic heterocycles. The van der Waals surface area contributed by atoms with Crippen LogP contribution in [0.3, 0.4) is 0 Å². The lowest BCUT2D eigenvalue weighted by Crippen LogP contribution is -2.16. The maximum Gasteiger partial charge on any atom is 0.0878 e. The minimum atomic E-state index is -0.364. The van der Waals surface area contributed by atoms with Crippen molar-refractivity contribution < 1.29 is 0 Å². The molecule has 0 spiro atoms. The zero-order valence-corrected chi connectivity index (χ0v) is 15.4. The van der Waals surface area contributed by atoms with Gasteiger partial charge in [-0.1, -0.05) is 75.6 Å². The molecule has 0 saturated carbocycles. The molecule has 1 aliphatic rings. The molecule has 0 unspecified atom stereocenters. The average molecular weight is 305 g/mol. The van der Waals surface area contributed by atoms with E-state index in [2.05, 4.69) is 76.2 Å². The third-order valence-corrected chi connectivity index (χ3v) is 7.02. The Labute approximate surface area is 136 Å². The summed E-state index contributed by atoms with van der Waals surface area (Å²) in [7, 11) is -0.364. The second kappa shape index (κ2) is 6.10. The highest BCUT2D eigenvalue weighted by molar-refractivity contribution is 6.62. The van der Waals surface area contributed by atoms with Crippen LogP contribution in [0.1, 0.15) is 37.0 Å². The van der Waals surface area contributed by atoms with E-state index < -0.39 is 0 Å². The maximum atomic E-state index is 2.34. The van der Waals surface area contributed by atoms with Gasteiger partial charge in [0.15, 0.2) is 0 Å². The number of rotatable bonds is 3. The third kappa shape index (κ3) is 3.00. The van der Waals surface area contributed by atoms with E-state index in [4.69, 9.17) is 0 Å². The Morgan fingerprint density at radius 2 is 1.45 bits per heavy atom. The highest BCUT2D eigenvalue weighted by Crippen LogP contribution is 2.37. The molecular weight excluding hydrogens is 280 g/mol. The fraction of sp³-hybridized carbons (Fsp3) is 0.238. The molecule has 0 fully saturated rings. The number of aryl methyl sites for hydroxylation is 2. The van der Waals surface area contributed by atoms with Gasteiger partial charge in [0, 0.05) is 0 Å². The molecule has 0 saturated heterocycles. The van der Waals surface area contributed by atoms with Crippen LogP contribution in [0.15, 0.2) is 64.9 Å². The lowest BCUT2D eigenvalue weighted by molar-refractivity contribution is 1.24. The van der Waals surface area contributed by atoms with E-state index in [-0.39, 0.29) is 9.52 Å². The van der Waals surface area contributed by atoms with Gasteiger partial charge in [0.05, 0.1) is 9.52 Å². The van der Waals surface area contributed by atoms with Crippen LogP contribution in [-0.2, 0) is 0 Å². The van der Waals surface area contributed by atoms with Crippen molar-refractivity contribution in [3.8, 4) is 0 Å². The number of hydrogen-bond donors (Lipinski definition) is 0. The fourth-order valence-electron chi connectivity index (χ4n) is 3.56. The largest absolute Gasteiger partial charge is 0.0878 e. The summed E-state index contributed by atoms with van der Waals surface area (Å²) in [4.78, 5) is 0. The number of hydrogen-bond acceptors (Lipinski definition) is 0. The van der Waals surface area contributed by atoms with Gasteiger partial charge in [0.2, 0.25) is 0 Å². The van der Waals surface area contributed by atoms with Crippen LogP contribution in [0.2, 0.25) is 0 Å². The van der Waals surface area contributed by atoms with E-state index in [0.29, 0.717) is 0 Å². The van der Waals surface area contributed by atoms with E-state index >= 15 is 0 Å². The summed E-state index contributed by atoms with van der Waals surface area (Å²) in [5.41, 5.74) is 8.82. The summed E-state index contributed by atoms with van der Waals surface area (Å²) in [6.45, 7) is 9.04. The summed E-state index contributed by atoms with van der Waals surface area (Å²) in [5, 5.41) is 3.21. The van der Waals surface area contributed by atoms with Crippen LogP contribution >= 0.6 is 0 Å². The van der Waals surface area contributed by atoms with Crippen molar-refractivity contribution in [2.24, 2.45) is 0 Å². The predicted molar refractivity (Wildman–Crippen MR) is 100 cm³/mol. The fourth-order valence-corrected chi connectivity index (χ4v) is 5.38. The van der Waals surface area contributed by atoms with E-state index in [0.717, 1.165) is 6.42 Å². The lowest BCUT2D eigenvalue weighted by Gasteiger charge is -2.10. The average Bonchev–Trinajstić information content (AvgIpc) is 2.75. The second-order valence-electron chi connectivity index (χ2n) is 6.58. The molecule has 2 aromatic carbocycles. The van der Waals surface area contributed by atoms with E-state index in [1.807, 2.05) is 0 Å². The van der Waals surface area contributed by atoms with Gasteiger partial charge in [0.1, 0.15) is 0 Å². The van der Waals surface area contributed by atoms with Gasteiger partial charge < -0.3 is 0 Å². The van der Waals surface area contributed by atoms with Crippen LogP contribution in [0.4, 0.5) is 0 Å². The third-order valence-electron chi connectivity index (χ3n) is 4.66. The van der Waals surface area contributed by atoms with Crippen molar-refractivity contribution in [3.05, 3.63) is 81.6 Å². The molecule has 0 bridgehead atoms. The van der Waals surface area contributed by atoms with Gasteiger partial charge >= 0.3 is 0 Å². The molecule has 0 nitrogen and oxygen atoms in total. The van der Waals surface area contributed by atoms with Gasteiger partial charge in [0.25, 0.3) is 0 Å². The highest BCUT2D eigenvalue weighted by atomic mass is 28.2. The minimum Gasteiger partial charge on any atom is -0.0696 e. The predicted octanol–water partition coefficient (Wildman–Crippen LogP) is 4.25. The van der Waals surface area contributed by atoms with Gasteiger partial charge in [-0.3, -0.25) is 0 Å². The first-order chi connectivity index (χ1) is 10.5. The first-order valence-electron chi connectivity index (χ1n) is 8.06. The van der Waals surface area contributed by atoms with Gasteiger partial charge in [-0.15, -0.1) is 0 Å². The summed E-state index contributed by atoms with van der Waals surface area (Å²) >= 11 is 0. The Morgan fingerprint density at radius 1 is 0.818 bits per heavy atom. The second-order valence-corrected chi connectivity index (χ2v) is 8.46. The monoisotopic (exact) mass is 304 g/mol. The molecule has 0 amide bonds. The van der Waals surface area contributed by atoms with Crippen LogP contribution in [-0.4, -0.2) is 9.52 Å². The Morgan fingerprint density at radius 3 is 2.09 bits per heavy atom. The standard InChI is InChI=1S/C21H24Si/c1-14-10-15(2)12-18(11-14)20-13-16(3)21(17(20)4)22-19-8-6-5-7-9-19/h5-12H,13,22H2,1-4H3. The molecule has 1 heteroatoms. The minimum absolute atomic E-state index is 0.364. The topological polar surface area (TPSA) is 0 Å². The highest BCUT2D eigenvalue weighted by Gasteiger charge is 2.20. The molecule has 22 heavy (non-hydrogen) atoms. The number of allylic oxidation sites excluding steroid dienone is 4. The molecule has 0 heterocycles. The van der Waals surface area contributed by atoms with Gasteiger partial charge in [-0.2, -0.15) is 0 Å². The molecule has 0 radical (unpaired) electrons. The zero-order valence-electron chi connectivity index (χ0n) is 14.0. The van der Waals surface area contributed by atoms with Crippen molar-refractivity contribution in [2.45, 2.75) is 34.1 Å². The van der Waals surface area contributed by atoms with Crippen LogP contribution in [0, 0.1) is 13.8 Å². The molecular formula is C21H24Si. The molecule has 0 aromatic heterocycles. The lowest BCUT2D eigenvalue weighted by atomic mass is 9.97. The number of benzene rings is 2. The van der Waals surface area contributed by atoms with Crippen LogP contribution in [0.5, 0.6) is 0 Å². The van der Waals surface area contributed by atoms with Gasteiger partial charge in [-0.05, 0) is 50.8 Å². The Hall–Kier alpha value is -1.86. The first kappa shape index (κ1) is 15.0. The Bertz CT molecular complexity index is 743. The van der Waals surface area contributed by atoms with E-state index in [1.54, 1.807) is 16.3 Å². The molecule has 0 N–H and O–H groups in total. The van der Waals surface area contributed by atoms with E-state index in [9.17, 15) is 0 Å². The molecule has 2 aromatic rings. The zero-order chi connectivity index (χ0) is 15.7. The quantitative estimate of drug-likeness (QED) is 0.744. The summed E-state index contributed by atoms with van der Waals surface area (Å²) in [5.74, 6) is 0. The SMILES string of the molecule is CC1=C([SiH2]c2ccccc2)C(C)=C(c2cc(C)cc(C)c2)C1. The van der Waals surface area contributed by atoms with Crippen molar-refractivity contribution in [1.82, 2.24) is 0 Å². The van der Waals surface area contributed by atoms with E-state index in [1.165, 1.54) is 27.5 Å². The van der Waals surface area contributed by atoms with Crippen molar-refractivity contribution in [1.29, 1.82) is 0 Å². The van der Waals surface area contributed by atoms with Gasteiger partial charge in [-0.25, -0.2) is 0 Å². The Kier molecular flexibility index (Phi) is 4.17. The van der Waals surface area contributed by atoms with Crippen molar-refractivity contribution >= 4 is 20.3 Å². The van der Waals surface area contributed by atoms with Crippen LogP contribution in [0.25, 0.3) is 5.57 Å².